The Hall–Kier alpha value is -0.930. The number of phenols is 1. The van der Waals surface area contributed by atoms with Gasteiger partial charge >= 0.3 is 0 Å². The number of thiazole rings is 1. The summed E-state index contributed by atoms with van der Waals surface area (Å²) in [7, 11) is -3.34. The molecule has 1 heterocycles. The minimum Gasteiger partial charge on any atom is -0.507 e. The third-order valence-electron chi connectivity index (χ3n) is 2.22. The van der Waals surface area contributed by atoms with Gasteiger partial charge in [0.2, 0.25) is 0 Å². The van der Waals surface area contributed by atoms with Gasteiger partial charge in [-0.1, -0.05) is 23.5 Å². The minimum atomic E-state index is -3.34. The Kier molecular flexibility index (Phi) is 5.72. The van der Waals surface area contributed by atoms with Crippen LogP contribution in [0.15, 0.2) is 34.7 Å². The predicted octanol–water partition coefficient (Wildman–Crippen LogP) is 1.12. The second kappa shape index (κ2) is 6.68. The number of anilines is 1. The minimum absolute atomic E-state index is 0. The van der Waals surface area contributed by atoms with Gasteiger partial charge in [0.05, 0.1) is 11.8 Å². The normalized spacial score (nSPS) is 10.7. The number of nitrogens with zero attached hydrogens (tertiary/aromatic N) is 1. The van der Waals surface area contributed by atoms with Gasteiger partial charge in [0.25, 0.3) is 5.91 Å². The van der Waals surface area contributed by atoms with E-state index in [1.165, 1.54) is 18.3 Å². The maximum Gasteiger partial charge on any atom is 0.261 e. The van der Waals surface area contributed by atoms with Crippen LogP contribution in [0.2, 0.25) is 0 Å². The van der Waals surface area contributed by atoms with Crippen LogP contribution in [0.3, 0.4) is 0 Å². The van der Waals surface area contributed by atoms with Gasteiger partial charge in [-0.25, -0.2) is 13.4 Å². The number of nitrogens with one attached hydrogen (secondary N) is 1. The quantitative estimate of drug-likeness (QED) is 0.826. The summed E-state index contributed by atoms with van der Waals surface area (Å²) < 4.78 is 22.6. The van der Waals surface area contributed by atoms with Crippen molar-refractivity contribution in [3.63, 3.8) is 0 Å². The molecule has 0 unspecified atom stereocenters. The van der Waals surface area contributed by atoms with Crippen molar-refractivity contribution in [2.75, 3.05) is 11.6 Å². The molecule has 0 bridgehead atoms. The Morgan fingerprint density at radius 3 is 2.55 bits per heavy atom. The molecule has 0 saturated carbocycles. The zero-order valence-electron chi connectivity index (χ0n) is 10.8. The van der Waals surface area contributed by atoms with Crippen molar-refractivity contribution in [1.29, 1.82) is 0 Å². The molecule has 6 nitrogen and oxygen atoms in total. The predicted molar refractivity (Wildman–Crippen MR) is 77.0 cm³/mol. The second-order valence-electron chi connectivity index (χ2n) is 3.73. The maximum absolute atomic E-state index is 11.8. The number of carbonyl (C=O) groups is 1. The number of sulfone groups is 1. The maximum atomic E-state index is 11.8. The first-order chi connectivity index (χ1) is 8.88. The SMILES string of the molecule is CS(=O)(=O)c1cnc(NC(=O)c2ccccc2O)s1.[Na]. The van der Waals surface area contributed by atoms with E-state index in [4.69, 9.17) is 0 Å². The summed E-state index contributed by atoms with van der Waals surface area (Å²) in [6.07, 6.45) is 2.25. The zero-order valence-corrected chi connectivity index (χ0v) is 14.5. The van der Waals surface area contributed by atoms with Gasteiger partial charge in [0.1, 0.15) is 9.96 Å². The molecule has 0 aliphatic heterocycles. The van der Waals surface area contributed by atoms with Crippen LogP contribution >= 0.6 is 11.3 Å². The largest absolute Gasteiger partial charge is 0.507 e. The summed E-state index contributed by atoms with van der Waals surface area (Å²) in [6.45, 7) is 0. The molecule has 0 fully saturated rings. The zero-order chi connectivity index (χ0) is 14.0. The average Bonchev–Trinajstić information content (AvgIpc) is 2.77. The van der Waals surface area contributed by atoms with Crippen LogP contribution in [0.1, 0.15) is 10.4 Å². The van der Waals surface area contributed by atoms with Gasteiger partial charge in [-0.2, -0.15) is 0 Å². The molecule has 0 aliphatic carbocycles. The number of amides is 1. The first-order valence-electron chi connectivity index (χ1n) is 5.13. The summed E-state index contributed by atoms with van der Waals surface area (Å²) in [6, 6.07) is 6.05. The van der Waals surface area contributed by atoms with Crippen LogP contribution in [0, 0.1) is 0 Å². The molecule has 20 heavy (non-hydrogen) atoms. The molecule has 1 aromatic heterocycles. The Bertz CT molecular complexity index is 728. The molecule has 101 valence electrons. The molecule has 1 radical (unpaired) electrons. The molecule has 9 heteroatoms. The number of carbonyl (C=O) groups excluding carboxylic acids is 1. The molecule has 1 aromatic carbocycles. The summed E-state index contributed by atoms with van der Waals surface area (Å²) in [4.78, 5) is 15.6. The van der Waals surface area contributed by atoms with E-state index in [-0.39, 0.29) is 50.2 Å². The van der Waals surface area contributed by atoms with Crippen molar-refractivity contribution in [3.05, 3.63) is 36.0 Å². The van der Waals surface area contributed by atoms with Gasteiger partial charge in [0.15, 0.2) is 15.0 Å². The van der Waals surface area contributed by atoms with Gasteiger partial charge in [-0.3, -0.25) is 10.1 Å². The van der Waals surface area contributed by atoms with Crippen LogP contribution in [-0.2, 0) is 9.84 Å². The van der Waals surface area contributed by atoms with Crippen molar-refractivity contribution in [2.45, 2.75) is 4.21 Å². The van der Waals surface area contributed by atoms with Crippen LogP contribution < -0.4 is 5.32 Å². The first kappa shape index (κ1) is 17.1. The Morgan fingerprint density at radius 1 is 1.35 bits per heavy atom. The standard InChI is InChI=1S/C11H10N2O4S2.Na/c1-19(16,17)9-6-12-11(18-9)13-10(15)7-4-2-3-5-8(7)14;/h2-6,14H,1H3,(H,12,13,15);. The number of hydrogen-bond acceptors (Lipinski definition) is 6. The molecule has 0 spiro atoms. The Morgan fingerprint density at radius 2 is 2.00 bits per heavy atom. The van der Waals surface area contributed by atoms with Crippen molar-refractivity contribution in [1.82, 2.24) is 4.98 Å². The summed E-state index contributed by atoms with van der Waals surface area (Å²) >= 11 is 0.856. The smallest absolute Gasteiger partial charge is 0.261 e. The Balaban J connectivity index is 0.00000200. The number of rotatable bonds is 3. The Labute approximate surface area is 142 Å². The van der Waals surface area contributed by atoms with Gasteiger partial charge in [0, 0.05) is 35.8 Å². The first-order valence-corrected chi connectivity index (χ1v) is 7.84. The molecule has 0 aliphatic rings. The average molecular weight is 321 g/mol. The number of para-hydroxylation sites is 1. The molecule has 2 aromatic rings. The fourth-order valence-corrected chi connectivity index (χ4v) is 2.95. The van der Waals surface area contributed by atoms with Crippen molar-refractivity contribution in [3.8, 4) is 5.75 Å². The molecule has 0 atom stereocenters. The van der Waals surface area contributed by atoms with Crippen LogP contribution in [0.5, 0.6) is 5.75 Å². The van der Waals surface area contributed by atoms with E-state index in [0.29, 0.717) is 0 Å². The molecule has 0 saturated heterocycles. The van der Waals surface area contributed by atoms with E-state index in [9.17, 15) is 18.3 Å². The van der Waals surface area contributed by atoms with Crippen LogP contribution in [0.4, 0.5) is 5.13 Å². The third-order valence-corrected chi connectivity index (χ3v) is 4.92. The number of benzene rings is 1. The van der Waals surface area contributed by atoms with Gasteiger partial charge < -0.3 is 5.11 Å². The van der Waals surface area contributed by atoms with E-state index in [1.54, 1.807) is 12.1 Å². The summed E-state index contributed by atoms with van der Waals surface area (Å²) in [5.41, 5.74) is 0.0959. The number of hydrogen-bond donors (Lipinski definition) is 2. The third kappa shape index (κ3) is 4.03. The number of phenolic OH excluding ortho intramolecular Hbond substituents is 1. The van der Waals surface area contributed by atoms with E-state index < -0.39 is 15.7 Å². The van der Waals surface area contributed by atoms with Gasteiger partial charge in [-0.05, 0) is 12.1 Å². The molecule has 1 amide bonds. The van der Waals surface area contributed by atoms with E-state index in [2.05, 4.69) is 10.3 Å². The molecule has 2 N–H and O–H groups in total. The molecule has 2 rings (SSSR count). The van der Waals surface area contributed by atoms with Crippen LogP contribution in [0.25, 0.3) is 0 Å². The monoisotopic (exact) mass is 321 g/mol. The fraction of sp³-hybridized carbons (Fsp3) is 0.0909. The molecular formula is C11H10N2NaO4S2. The summed E-state index contributed by atoms with van der Waals surface area (Å²) in [5, 5.41) is 12.1. The van der Waals surface area contributed by atoms with Crippen molar-refractivity contribution >= 4 is 61.8 Å². The topological polar surface area (TPSA) is 96.4 Å². The van der Waals surface area contributed by atoms with E-state index in [0.717, 1.165) is 17.6 Å². The van der Waals surface area contributed by atoms with E-state index in [1.807, 2.05) is 0 Å². The summed E-state index contributed by atoms with van der Waals surface area (Å²) in [5.74, 6) is -0.701. The van der Waals surface area contributed by atoms with Crippen molar-refractivity contribution < 1.29 is 18.3 Å². The van der Waals surface area contributed by atoms with Gasteiger partial charge in [-0.15, -0.1) is 0 Å². The van der Waals surface area contributed by atoms with E-state index >= 15 is 0 Å². The fourth-order valence-electron chi connectivity index (χ4n) is 1.32. The second-order valence-corrected chi connectivity index (χ2v) is 7.00. The van der Waals surface area contributed by atoms with Crippen molar-refractivity contribution in [2.24, 2.45) is 0 Å². The van der Waals surface area contributed by atoms with Crippen LogP contribution in [-0.4, -0.2) is 60.2 Å². The number of aromatic nitrogens is 1. The number of aromatic hydroxyl groups is 1. The molecular weight excluding hydrogens is 311 g/mol.